The summed E-state index contributed by atoms with van der Waals surface area (Å²) in [6.07, 6.45) is 0. The maximum atomic E-state index is 6.30. The smallest absolute Gasteiger partial charge is 0.134 e. The van der Waals surface area contributed by atoms with E-state index in [2.05, 4.69) is 4.98 Å². The van der Waals surface area contributed by atoms with Crippen LogP contribution in [0.5, 0.6) is 0 Å². The fraction of sp³-hybridized carbons (Fsp3) is 0.167. The molecule has 3 nitrogen and oxygen atoms in total. The van der Waals surface area contributed by atoms with Gasteiger partial charge in [-0.3, -0.25) is 0 Å². The van der Waals surface area contributed by atoms with Gasteiger partial charge in [-0.2, -0.15) is 0 Å². The number of anilines is 2. The van der Waals surface area contributed by atoms with E-state index in [1.807, 2.05) is 69.3 Å². The zero-order valence-corrected chi connectivity index (χ0v) is 12.7. The summed E-state index contributed by atoms with van der Waals surface area (Å²) in [7, 11) is 0. The molecule has 0 unspecified atom stereocenters. The number of hydrogen-bond acceptors (Lipinski definition) is 3. The first-order chi connectivity index (χ1) is 10.2. The van der Waals surface area contributed by atoms with Gasteiger partial charge in [0, 0.05) is 10.9 Å². The second kappa shape index (κ2) is 6.27. The quantitative estimate of drug-likeness (QED) is 0.693. The normalized spacial score (nSPS) is 10.0. The van der Waals surface area contributed by atoms with E-state index in [0.29, 0.717) is 11.5 Å². The molecule has 1 aromatic heterocycles. The molecule has 3 rings (SSSR count). The van der Waals surface area contributed by atoms with Gasteiger partial charge < -0.3 is 11.5 Å². The Balaban J connectivity index is 0.000000774. The Morgan fingerprint density at radius 3 is 2.24 bits per heavy atom. The van der Waals surface area contributed by atoms with E-state index in [1.54, 1.807) is 0 Å². The van der Waals surface area contributed by atoms with E-state index in [1.165, 1.54) is 0 Å². The molecule has 0 bridgehead atoms. The standard InChI is InChI=1S/C16H15N3.C2H6/c1-10-7-8-13-12(9-10)15(17)14(16(18)19-13)11-5-3-2-4-6-11;1-2/h2-9H,1H3,(H4,17,18,19);1-2H3. The Morgan fingerprint density at radius 2 is 1.57 bits per heavy atom. The molecule has 0 aliphatic heterocycles. The molecule has 0 aliphatic carbocycles. The Labute approximate surface area is 125 Å². The molecule has 0 saturated heterocycles. The fourth-order valence-corrected chi connectivity index (χ4v) is 2.33. The summed E-state index contributed by atoms with van der Waals surface area (Å²) in [5.74, 6) is 0.472. The third-order valence-corrected chi connectivity index (χ3v) is 3.27. The van der Waals surface area contributed by atoms with Crippen molar-refractivity contribution in [1.82, 2.24) is 4.98 Å². The summed E-state index contributed by atoms with van der Waals surface area (Å²) in [4.78, 5) is 4.45. The molecule has 108 valence electrons. The van der Waals surface area contributed by atoms with Crippen molar-refractivity contribution in [3.8, 4) is 11.1 Å². The lowest BCUT2D eigenvalue weighted by Gasteiger charge is -2.12. The van der Waals surface area contributed by atoms with E-state index in [4.69, 9.17) is 11.5 Å². The molecule has 0 aliphatic rings. The number of pyridine rings is 1. The Morgan fingerprint density at radius 1 is 0.905 bits per heavy atom. The highest BCUT2D eigenvalue weighted by Gasteiger charge is 2.12. The molecule has 0 atom stereocenters. The van der Waals surface area contributed by atoms with Crippen molar-refractivity contribution in [2.75, 3.05) is 11.5 Å². The van der Waals surface area contributed by atoms with Gasteiger partial charge in [-0.25, -0.2) is 4.98 Å². The van der Waals surface area contributed by atoms with Crippen LogP contribution in [0.1, 0.15) is 19.4 Å². The predicted molar refractivity (Wildman–Crippen MR) is 92.1 cm³/mol. The van der Waals surface area contributed by atoms with E-state index in [-0.39, 0.29) is 0 Å². The van der Waals surface area contributed by atoms with Crippen LogP contribution in [0.4, 0.5) is 11.5 Å². The van der Waals surface area contributed by atoms with Crippen LogP contribution in [0.2, 0.25) is 0 Å². The van der Waals surface area contributed by atoms with Crippen molar-refractivity contribution in [3.05, 3.63) is 54.1 Å². The van der Waals surface area contributed by atoms with Gasteiger partial charge in [-0.05, 0) is 24.6 Å². The van der Waals surface area contributed by atoms with Gasteiger partial charge in [0.1, 0.15) is 5.82 Å². The summed E-state index contributed by atoms with van der Waals surface area (Å²) in [6.45, 7) is 6.04. The number of nitrogens with zero attached hydrogens (tertiary/aromatic N) is 1. The van der Waals surface area contributed by atoms with Gasteiger partial charge in [-0.15, -0.1) is 0 Å². The molecule has 0 amide bonds. The van der Waals surface area contributed by atoms with E-state index < -0.39 is 0 Å². The van der Waals surface area contributed by atoms with Crippen molar-refractivity contribution >= 4 is 22.4 Å². The zero-order chi connectivity index (χ0) is 15.4. The highest BCUT2D eigenvalue weighted by atomic mass is 14.9. The van der Waals surface area contributed by atoms with Crippen LogP contribution in [-0.4, -0.2) is 4.98 Å². The maximum absolute atomic E-state index is 6.30. The van der Waals surface area contributed by atoms with Crippen LogP contribution in [0, 0.1) is 6.92 Å². The van der Waals surface area contributed by atoms with E-state index >= 15 is 0 Å². The zero-order valence-electron chi connectivity index (χ0n) is 12.7. The first kappa shape index (κ1) is 14.9. The van der Waals surface area contributed by atoms with E-state index in [9.17, 15) is 0 Å². The van der Waals surface area contributed by atoms with Crippen molar-refractivity contribution in [3.63, 3.8) is 0 Å². The number of fused-ring (bicyclic) bond motifs is 1. The van der Waals surface area contributed by atoms with Gasteiger partial charge in [-0.1, -0.05) is 55.8 Å². The summed E-state index contributed by atoms with van der Waals surface area (Å²) >= 11 is 0. The summed E-state index contributed by atoms with van der Waals surface area (Å²) < 4.78 is 0. The van der Waals surface area contributed by atoms with Gasteiger partial charge >= 0.3 is 0 Å². The first-order valence-electron chi connectivity index (χ1n) is 7.17. The Hall–Kier alpha value is -2.55. The van der Waals surface area contributed by atoms with Crippen LogP contribution < -0.4 is 11.5 Å². The van der Waals surface area contributed by atoms with Crippen molar-refractivity contribution in [1.29, 1.82) is 0 Å². The lowest BCUT2D eigenvalue weighted by atomic mass is 10.0. The van der Waals surface area contributed by atoms with Crippen molar-refractivity contribution in [2.45, 2.75) is 20.8 Å². The van der Waals surface area contributed by atoms with Crippen LogP contribution >= 0.6 is 0 Å². The third-order valence-electron chi connectivity index (χ3n) is 3.27. The van der Waals surface area contributed by atoms with Crippen LogP contribution in [0.25, 0.3) is 22.0 Å². The lowest BCUT2D eigenvalue weighted by molar-refractivity contribution is 1.39. The van der Waals surface area contributed by atoms with Gasteiger partial charge in [0.05, 0.1) is 11.2 Å². The summed E-state index contributed by atoms with van der Waals surface area (Å²) in [5, 5.41) is 0.952. The number of aromatic nitrogens is 1. The molecule has 2 aromatic carbocycles. The molecular formula is C18H21N3. The number of benzene rings is 2. The number of hydrogen-bond donors (Lipinski definition) is 2. The number of rotatable bonds is 1. The number of aryl methyl sites for hydroxylation is 1. The van der Waals surface area contributed by atoms with Gasteiger partial charge in [0.25, 0.3) is 0 Å². The monoisotopic (exact) mass is 279 g/mol. The molecule has 21 heavy (non-hydrogen) atoms. The minimum absolute atomic E-state index is 0.472. The minimum atomic E-state index is 0.472. The molecule has 0 fully saturated rings. The van der Waals surface area contributed by atoms with Gasteiger partial charge in [0.2, 0.25) is 0 Å². The molecule has 0 spiro atoms. The molecule has 0 saturated carbocycles. The Kier molecular flexibility index (Phi) is 4.43. The molecule has 4 N–H and O–H groups in total. The fourth-order valence-electron chi connectivity index (χ4n) is 2.33. The number of nitrogen functional groups attached to an aromatic ring is 2. The maximum Gasteiger partial charge on any atom is 0.134 e. The van der Waals surface area contributed by atoms with Gasteiger partial charge in [0.15, 0.2) is 0 Å². The van der Waals surface area contributed by atoms with Crippen molar-refractivity contribution < 1.29 is 0 Å². The first-order valence-corrected chi connectivity index (χ1v) is 7.17. The molecule has 3 heteroatoms. The van der Waals surface area contributed by atoms with Crippen LogP contribution in [0.3, 0.4) is 0 Å². The summed E-state index contributed by atoms with van der Waals surface area (Å²) in [5.41, 5.74) is 16.9. The lowest BCUT2D eigenvalue weighted by Crippen LogP contribution is -2.01. The molecular weight excluding hydrogens is 258 g/mol. The summed E-state index contributed by atoms with van der Waals surface area (Å²) in [6, 6.07) is 15.9. The second-order valence-electron chi connectivity index (χ2n) is 4.67. The van der Waals surface area contributed by atoms with Crippen molar-refractivity contribution in [2.24, 2.45) is 0 Å². The number of nitrogens with two attached hydrogens (primary N) is 2. The van der Waals surface area contributed by atoms with Crippen LogP contribution in [0.15, 0.2) is 48.5 Å². The second-order valence-corrected chi connectivity index (χ2v) is 4.67. The average Bonchev–Trinajstić information content (AvgIpc) is 2.51. The minimum Gasteiger partial charge on any atom is -0.398 e. The molecule has 3 aromatic rings. The average molecular weight is 279 g/mol. The highest BCUT2D eigenvalue weighted by Crippen LogP contribution is 2.35. The predicted octanol–water partition coefficient (Wildman–Crippen LogP) is 4.40. The largest absolute Gasteiger partial charge is 0.398 e. The highest BCUT2D eigenvalue weighted by molar-refractivity contribution is 6.02. The Bertz CT molecular complexity index is 749. The molecule has 0 radical (unpaired) electrons. The van der Waals surface area contributed by atoms with Crippen LogP contribution in [-0.2, 0) is 0 Å². The molecule has 1 heterocycles. The third kappa shape index (κ3) is 2.82. The topological polar surface area (TPSA) is 64.9 Å². The SMILES string of the molecule is CC.Cc1ccc2nc(N)c(-c3ccccc3)c(N)c2c1. The van der Waals surface area contributed by atoms with E-state index in [0.717, 1.165) is 27.6 Å².